The molecule has 5 nitrogen and oxygen atoms in total. The molecule has 3 aromatic rings. The molecule has 1 amide bonds. The maximum atomic E-state index is 13.6. The van der Waals surface area contributed by atoms with E-state index >= 15 is 0 Å². The van der Waals surface area contributed by atoms with Crippen LogP contribution in [0.2, 0.25) is 0 Å². The Morgan fingerprint density at radius 2 is 1.85 bits per heavy atom. The molecule has 0 aliphatic rings. The van der Waals surface area contributed by atoms with E-state index in [1.807, 2.05) is 48.9 Å². The van der Waals surface area contributed by atoms with Gasteiger partial charge >= 0.3 is 0 Å². The zero-order valence-corrected chi connectivity index (χ0v) is 14.6. The first-order valence-corrected chi connectivity index (χ1v) is 8.22. The zero-order chi connectivity index (χ0) is 18.5. The van der Waals surface area contributed by atoms with Crippen LogP contribution in [0.1, 0.15) is 32.9 Å². The number of carbonyl (C=O) groups is 1. The lowest BCUT2D eigenvalue weighted by atomic mass is 10.2. The Kier molecular flexibility index (Phi) is 5.22. The van der Waals surface area contributed by atoms with Crippen molar-refractivity contribution in [2.45, 2.75) is 20.4 Å². The fraction of sp³-hybridized carbons (Fsp3) is 0.150. The summed E-state index contributed by atoms with van der Waals surface area (Å²) in [5, 5.41) is 8.48. The van der Waals surface area contributed by atoms with Gasteiger partial charge in [-0.05, 0) is 31.5 Å². The number of hydrazone groups is 1. The van der Waals surface area contributed by atoms with Crippen molar-refractivity contribution in [2.75, 3.05) is 0 Å². The second-order valence-corrected chi connectivity index (χ2v) is 5.91. The number of amides is 1. The third-order valence-corrected chi connectivity index (χ3v) is 4.09. The lowest BCUT2D eigenvalue weighted by Crippen LogP contribution is -2.19. The molecule has 0 aliphatic heterocycles. The van der Waals surface area contributed by atoms with Gasteiger partial charge in [0.05, 0.1) is 24.0 Å². The molecule has 0 spiro atoms. The van der Waals surface area contributed by atoms with Crippen LogP contribution < -0.4 is 5.43 Å². The average Bonchev–Trinajstić information content (AvgIpc) is 2.90. The minimum Gasteiger partial charge on any atom is -0.267 e. The summed E-state index contributed by atoms with van der Waals surface area (Å²) in [4.78, 5) is 12.0. The van der Waals surface area contributed by atoms with E-state index in [1.165, 1.54) is 24.4 Å². The maximum absolute atomic E-state index is 13.6. The molecule has 0 unspecified atom stereocenters. The number of aromatic nitrogens is 2. The van der Waals surface area contributed by atoms with E-state index in [9.17, 15) is 9.18 Å². The fourth-order valence-corrected chi connectivity index (χ4v) is 2.67. The first-order chi connectivity index (χ1) is 12.6. The van der Waals surface area contributed by atoms with Gasteiger partial charge in [0.25, 0.3) is 5.91 Å². The summed E-state index contributed by atoms with van der Waals surface area (Å²) >= 11 is 0. The number of nitrogens with zero attached hydrogens (tertiary/aromatic N) is 3. The molecular formula is C20H19FN4O. The zero-order valence-electron chi connectivity index (χ0n) is 14.6. The lowest BCUT2D eigenvalue weighted by Gasteiger charge is -2.04. The number of benzene rings is 2. The van der Waals surface area contributed by atoms with Gasteiger partial charge in [-0.15, -0.1) is 0 Å². The van der Waals surface area contributed by atoms with E-state index in [0.717, 1.165) is 22.5 Å². The number of hydrogen-bond acceptors (Lipinski definition) is 3. The third kappa shape index (κ3) is 3.85. The van der Waals surface area contributed by atoms with Crippen LogP contribution in [0, 0.1) is 19.7 Å². The predicted octanol–water partition coefficient (Wildman–Crippen LogP) is 3.45. The molecule has 6 heteroatoms. The molecule has 3 rings (SSSR count). The average molecular weight is 350 g/mol. The summed E-state index contributed by atoms with van der Waals surface area (Å²) in [6.07, 6.45) is 1.54. The van der Waals surface area contributed by atoms with Crippen molar-refractivity contribution in [1.29, 1.82) is 0 Å². The molecule has 26 heavy (non-hydrogen) atoms. The number of aryl methyl sites for hydroxylation is 1. The fourth-order valence-electron chi connectivity index (χ4n) is 2.67. The third-order valence-electron chi connectivity index (χ3n) is 4.09. The summed E-state index contributed by atoms with van der Waals surface area (Å²) < 4.78 is 15.5. The topological polar surface area (TPSA) is 59.3 Å². The van der Waals surface area contributed by atoms with Crippen LogP contribution in [0.3, 0.4) is 0 Å². The van der Waals surface area contributed by atoms with Gasteiger partial charge in [0.2, 0.25) is 0 Å². The van der Waals surface area contributed by atoms with E-state index in [4.69, 9.17) is 0 Å². The van der Waals surface area contributed by atoms with Gasteiger partial charge in [0.15, 0.2) is 0 Å². The van der Waals surface area contributed by atoms with Crippen LogP contribution in [0.25, 0.3) is 0 Å². The second-order valence-electron chi connectivity index (χ2n) is 5.91. The molecule has 0 bridgehead atoms. The van der Waals surface area contributed by atoms with E-state index in [1.54, 1.807) is 6.07 Å². The standard InChI is InChI=1S/C20H19FN4O/c1-14-18(12-22-23-20(26)17-10-6-7-11-19(17)21)15(2)25(24-14)13-16-8-4-3-5-9-16/h3-12H,13H2,1-2H3,(H,23,26)/b22-12-. The van der Waals surface area contributed by atoms with Gasteiger partial charge in [-0.1, -0.05) is 42.5 Å². The Balaban J connectivity index is 1.73. The van der Waals surface area contributed by atoms with Crippen molar-refractivity contribution in [3.63, 3.8) is 0 Å². The van der Waals surface area contributed by atoms with Gasteiger partial charge in [0.1, 0.15) is 5.82 Å². The van der Waals surface area contributed by atoms with E-state index in [-0.39, 0.29) is 5.56 Å². The number of rotatable bonds is 5. The van der Waals surface area contributed by atoms with Crippen molar-refractivity contribution >= 4 is 12.1 Å². The minimum atomic E-state index is -0.591. The molecule has 0 saturated heterocycles. The maximum Gasteiger partial charge on any atom is 0.274 e. The first-order valence-electron chi connectivity index (χ1n) is 8.22. The van der Waals surface area contributed by atoms with Crippen molar-refractivity contribution in [3.05, 3.63) is 88.5 Å². The molecule has 2 aromatic carbocycles. The molecule has 1 heterocycles. The van der Waals surface area contributed by atoms with E-state index in [0.29, 0.717) is 6.54 Å². The lowest BCUT2D eigenvalue weighted by molar-refractivity contribution is 0.0951. The quantitative estimate of drug-likeness (QED) is 0.566. The van der Waals surface area contributed by atoms with Crippen molar-refractivity contribution < 1.29 is 9.18 Å². The van der Waals surface area contributed by atoms with Gasteiger partial charge < -0.3 is 0 Å². The van der Waals surface area contributed by atoms with Crippen LogP contribution in [0.15, 0.2) is 59.7 Å². The highest BCUT2D eigenvalue weighted by Crippen LogP contribution is 2.13. The molecule has 0 aliphatic carbocycles. The van der Waals surface area contributed by atoms with Crippen LogP contribution in [-0.2, 0) is 6.54 Å². The molecule has 0 fully saturated rings. The van der Waals surface area contributed by atoms with E-state index < -0.39 is 11.7 Å². The van der Waals surface area contributed by atoms with Crippen molar-refractivity contribution in [2.24, 2.45) is 5.10 Å². The Labute approximate surface area is 151 Å². The van der Waals surface area contributed by atoms with Gasteiger partial charge in [-0.2, -0.15) is 10.2 Å². The molecule has 1 N–H and O–H groups in total. The molecule has 0 saturated carbocycles. The number of carbonyl (C=O) groups excluding carboxylic acids is 1. The van der Waals surface area contributed by atoms with Gasteiger partial charge in [-0.3, -0.25) is 9.48 Å². The monoisotopic (exact) mass is 350 g/mol. The van der Waals surface area contributed by atoms with Crippen LogP contribution in [0.5, 0.6) is 0 Å². The molecule has 0 radical (unpaired) electrons. The van der Waals surface area contributed by atoms with Crippen LogP contribution in [-0.4, -0.2) is 21.9 Å². The highest BCUT2D eigenvalue weighted by atomic mass is 19.1. The molecule has 0 atom stereocenters. The van der Waals surface area contributed by atoms with Gasteiger partial charge in [0, 0.05) is 11.3 Å². The summed E-state index contributed by atoms with van der Waals surface area (Å²) in [5.74, 6) is -1.17. The van der Waals surface area contributed by atoms with Crippen LogP contribution in [0.4, 0.5) is 4.39 Å². The molecule has 1 aromatic heterocycles. The summed E-state index contributed by atoms with van der Waals surface area (Å²) in [5.41, 5.74) is 6.04. The number of nitrogens with one attached hydrogen (secondary N) is 1. The SMILES string of the molecule is Cc1nn(Cc2ccccc2)c(C)c1/C=N\NC(=O)c1ccccc1F. The molecular weight excluding hydrogens is 331 g/mol. The first kappa shape index (κ1) is 17.5. The van der Waals surface area contributed by atoms with Crippen molar-refractivity contribution in [1.82, 2.24) is 15.2 Å². The largest absolute Gasteiger partial charge is 0.274 e. The van der Waals surface area contributed by atoms with E-state index in [2.05, 4.69) is 15.6 Å². The normalized spacial score (nSPS) is 11.0. The highest BCUT2D eigenvalue weighted by Gasteiger charge is 2.12. The Bertz CT molecular complexity index is 948. The predicted molar refractivity (Wildman–Crippen MR) is 98.7 cm³/mol. The number of halogens is 1. The number of hydrogen-bond donors (Lipinski definition) is 1. The highest BCUT2D eigenvalue weighted by molar-refractivity contribution is 5.95. The van der Waals surface area contributed by atoms with Crippen LogP contribution >= 0.6 is 0 Å². The second kappa shape index (κ2) is 7.74. The van der Waals surface area contributed by atoms with Crippen molar-refractivity contribution in [3.8, 4) is 0 Å². The Hall–Kier alpha value is -3.28. The summed E-state index contributed by atoms with van der Waals surface area (Å²) in [6, 6.07) is 15.8. The minimum absolute atomic E-state index is 0.0436. The summed E-state index contributed by atoms with van der Waals surface area (Å²) in [7, 11) is 0. The smallest absolute Gasteiger partial charge is 0.267 e. The summed E-state index contributed by atoms with van der Waals surface area (Å²) in [6.45, 7) is 4.49. The van der Waals surface area contributed by atoms with Gasteiger partial charge in [-0.25, -0.2) is 9.82 Å². The Morgan fingerprint density at radius 1 is 1.15 bits per heavy atom. The molecule has 132 valence electrons. The Morgan fingerprint density at radius 3 is 2.58 bits per heavy atom.